The molecule has 2 aliphatic rings. The monoisotopic (exact) mass is 337 g/mol. The third kappa shape index (κ3) is 1.64. The summed E-state index contributed by atoms with van der Waals surface area (Å²) in [4.78, 5) is 5.22. The van der Waals surface area contributed by atoms with Gasteiger partial charge in [0, 0.05) is 12.6 Å². The van der Waals surface area contributed by atoms with Crippen molar-refractivity contribution in [1.82, 2.24) is 0 Å². The number of oxime groups is 1. The van der Waals surface area contributed by atoms with Gasteiger partial charge in [0.25, 0.3) is 0 Å². The maximum atomic E-state index is 10.1. The van der Waals surface area contributed by atoms with Gasteiger partial charge in [-0.05, 0) is 37.9 Å². The van der Waals surface area contributed by atoms with Gasteiger partial charge in [-0.25, -0.2) is 0 Å². The summed E-state index contributed by atoms with van der Waals surface area (Å²) < 4.78 is 6.45. The van der Waals surface area contributed by atoms with Crippen LogP contribution >= 0.6 is 31.9 Å². The predicted molar refractivity (Wildman–Crippen MR) is 62.9 cm³/mol. The van der Waals surface area contributed by atoms with Crippen molar-refractivity contribution in [3.63, 3.8) is 0 Å². The van der Waals surface area contributed by atoms with Crippen LogP contribution in [0.4, 0.5) is 0 Å². The number of nitrogens with zero attached hydrogens (tertiary/aromatic N) is 1. The second kappa shape index (κ2) is 3.92. The van der Waals surface area contributed by atoms with Gasteiger partial charge in [-0.3, -0.25) is 0 Å². The van der Waals surface area contributed by atoms with Gasteiger partial charge in [-0.1, -0.05) is 5.16 Å². The first-order valence-electron chi connectivity index (χ1n) is 4.31. The molecule has 1 aliphatic heterocycles. The summed E-state index contributed by atoms with van der Waals surface area (Å²) >= 11 is 6.67. The Hall–Kier alpha value is -0.330. The van der Waals surface area contributed by atoms with Crippen molar-refractivity contribution in [2.45, 2.75) is 18.1 Å². The SMILES string of the molecule is COC1=C(Br)[C@H](O)[C@]2(C=C1Br)CC=NO2. The Kier molecular flexibility index (Phi) is 2.92. The van der Waals surface area contributed by atoms with Gasteiger partial charge in [0.1, 0.15) is 11.9 Å². The Bertz CT molecular complexity index is 368. The molecule has 1 heterocycles. The van der Waals surface area contributed by atoms with Crippen molar-refractivity contribution in [1.29, 1.82) is 0 Å². The largest absolute Gasteiger partial charge is 0.495 e. The van der Waals surface area contributed by atoms with Crippen LogP contribution in [0.5, 0.6) is 0 Å². The van der Waals surface area contributed by atoms with E-state index in [0.717, 1.165) is 4.48 Å². The van der Waals surface area contributed by atoms with Gasteiger partial charge in [-0.2, -0.15) is 0 Å². The quantitative estimate of drug-likeness (QED) is 0.796. The summed E-state index contributed by atoms with van der Waals surface area (Å²) in [7, 11) is 1.54. The number of hydrogen-bond acceptors (Lipinski definition) is 4. The molecule has 1 N–H and O–H groups in total. The third-order valence-electron chi connectivity index (χ3n) is 2.42. The minimum Gasteiger partial charge on any atom is -0.495 e. The van der Waals surface area contributed by atoms with Crippen LogP contribution in [0.25, 0.3) is 0 Å². The normalized spacial score (nSPS) is 34.4. The zero-order valence-corrected chi connectivity index (χ0v) is 11.1. The third-order valence-corrected chi connectivity index (χ3v) is 3.80. The molecule has 2 atom stereocenters. The van der Waals surface area contributed by atoms with Crippen molar-refractivity contribution < 1.29 is 14.7 Å². The van der Waals surface area contributed by atoms with E-state index in [1.807, 2.05) is 0 Å². The highest BCUT2D eigenvalue weighted by Gasteiger charge is 2.47. The summed E-state index contributed by atoms with van der Waals surface area (Å²) in [5.74, 6) is 0.573. The van der Waals surface area contributed by atoms with Gasteiger partial charge < -0.3 is 14.7 Å². The van der Waals surface area contributed by atoms with Crippen LogP contribution in [-0.4, -0.2) is 30.1 Å². The van der Waals surface area contributed by atoms with Crippen molar-refractivity contribution in [3.05, 3.63) is 20.8 Å². The van der Waals surface area contributed by atoms with Gasteiger partial charge in [0.05, 0.1) is 16.1 Å². The van der Waals surface area contributed by atoms with E-state index in [4.69, 9.17) is 9.57 Å². The molecule has 0 aromatic heterocycles. The summed E-state index contributed by atoms with van der Waals surface area (Å²) in [5, 5.41) is 13.8. The molecule has 0 saturated carbocycles. The first kappa shape index (κ1) is 11.2. The summed E-state index contributed by atoms with van der Waals surface area (Å²) in [5.41, 5.74) is -0.806. The molecule has 0 bridgehead atoms. The highest BCUT2D eigenvalue weighted by molar-refractivity contribution is 9.12. The van der Waals surface area contributed by atoms with E-state index in [2.05, 4.69) is 37.0 Å². The van der Waals surface area contributed by atoms with Crippen LogP contribution in [0.1, 0.15) is 6.42 Å². The molecule has 0 radical (unpaired) electrons. The zero-order chi connectivity index (χ0) is 11.1. The molecule has 0 unspecified atom stereocenters. The summed E-state index contributed by atoms with van der Waals surface area (Å²) in [6.45, 7) is 0. The van der Waals surface area contributed by atoms with E-state index in [-0.39, 0.29) is 0 Å². The number of ether oxygens (including phenoxy) is 1. The molecule has 82 valence electrons. The number of halogens is 2. The molecular weight excluding hydrogens is 330 g/mol. The fourth-order valence-electron chi connectivity index (χ4n) is 1.61. The summed E-state index contributed by atoms with van der Waals surface area (Å²) in [6.07, 6.45) is 3.14. The lowest BCUT2D eigenvalue weighted by Crippen LogP contribution is -2.43. The second-order valence-corrected chi connectivity index (χ2v) is 5.02. The van der Waals surface area contributed by atoms with Crippen molar-refractivity contribution >= 4 is 38.1 Å². The Labute approximate surface area is 104 Å². The lowest BCUT2D eigenvalue weighted by atomic mass is 9.89. The van der Waals surface area contributed by atoms with Crippen LogP contribution in [0, 0.1) is 0 Å². The van der Waals surface area contributed by atoms with Gasteiger partial charge >= 0.3 is 0 Å². The van der Waals surface area contributed by atoms with E-state index < -0.39 is 11.7 Å². The van der Waals surface area contributed by atoms with Crippen LogP contribution in [-0.2, 0) is 9.57 Å². The van der Waals surface area contributed by atoms with E-state index in [9.17, 15) is 5.11 Å². The highest BCUT2D eigenvalue weighted by atomic mass is 79.9. The molecule has 1 spiro atoms. The van der Waals surface area contributed by atoms with Crippen molar-refractivity contribution in [2.24, 2.45) is 5.16 Å². The number of aliphatic hydroxyl groups is 1. The highest BCUT2D eigenvalue weighted by Crippen LogP contribution is 2.42. The molecular formula is C9H9Br2NO3. The first-order chi connectivity index (χ1) is 7.10. The summed E-state index contributed by atoms with van der Waals surface area (Å²) in [6, 6.07) is 0. The number of methoxy groups -OCH3 is 1. The lowest BCUT2D eigenvalue weighted by Gasteiger charge is -2.33. The molecule has 1 aliphatic carbocycles. The van der Waals surface area contributed by atoms with Crippen molar-refractivity contribution in [2.75, 3.05) is 7.11 Å². The molecule has 6 heteroatoms. The maximum Gasteiger partial charge on any atom is 0.192 e. The van der Waals surface area contributed by atoms with E-state index >= 15 is 0 Å². The Morgan fingerprint density at radius 2 is 2.40 bits per heavy atom. The van der Waals surface area contributed by atoms with Crippen molar-refractivity contribution in [3.8, 4) is 0 Å². The van der Waals surface area contributed by atoms with Crippen LogP contribution in [0.15, 0.2) is 26.0 Å². The first-order valence-corrected chi connectivity index (χ1v) is 5.90. The van der Waals surface area contributed by atoms with Gasteiger partial charge in [0.15, 0.2) is 5.60 Å². The van der Waals surface area contributed by atoms with Gasteiger partial charge in [-0.15, -0.1) is 0 Å². The number of aliphatic hydroxyl groups excluding tert-OH is 1. The lowest BCUT2D eigenvalue weighted by molar-refractivity contribution is -0.0570. The van der Waals surface area contributed by atoms with E-state index in [1.165, 1.54) is 0 Å². The predicted octanol–water partition coefficient (Wildman–Crippen LogP) is 2.04. The molecule has 4 nitrogen and oxygen atoms in total. The number of hydrogen-bond donors (Lipinski definition) is 1. The smallest absolute Gasteiger partial charge is 0.192 e. The van der Waals surface area contributed by atoms with Crippen LogP contribution in [0.2, 0.25) is 0 Å². The van der Waals surface area contributed by atoms with E-state index in [1.54, 1.807) is 19.4 Å². The minimum atomic E-state index is -0.809. The fourth-order valence-corrected chi connectivity index (χ4v) is 3.40. The Morgan fingerprint density at radius 3 is 2.93 bits per heavy atom. The maximum absolute atomic E-state index is 10.1. The molecule has 2 rings (SSSR count). The molecule has 0 amide bonds. The number of allylic oxidation sites excluding steroid dienone is 1. The topological polar surface area (TPSA) is 51.0 Å². The Balaban J connectivity index is 2.40. The average Bonchev–Trinajstić information content (AvgIpc) is 2.65. The second-order valence-electron chi connectivity index (χ2n) is 3.31. The van der Waals surface area contributed by atoms with Gasteiger partial charge in [0.2, 0.25) is 0 Å². The molecule has 0 fully saturated rings. The average molecular weight is 339 g/mol. The minimum absolute atomic E-state index is 0.537. The van der Waals surface area contributed by atoms with E-state index in [0.29, 0.717) is 16.7 Å². The standard InChI is InChI=1S/C9H9Br2NO3/c1-14-7-5(10)4-9(2-3-12-15-9)8(13)6(7)11/h3-4,8,13H,2H2,1H3/t8-,9+/m0/s1. The Morgan fingerprint density at radius 1 is 1.67 bits per heavy atom. The van der Waals surface area contributed by atoms with Crippen LogP contribution < -0.4 is 0 Å². The molecule has 15 heavy (non-hydrogen) atoms. The van der Waals surface area contributed by atoms with Crippen LogP contribution in [0.3, 0.4) is 0 Å². The fraction of sp³-hybridized carbons (Fsp3) is 0.444. The molecule has 0 aromatic rings. The molecule has 0 saturated heterocycles. The zero-order valence-electron chi connectivity index (χ0n) is 7.91. The number of rotatable bonds is 1. The molecule has 0 aromatic carbocycles.